The van der Waals surface area contributed by atoms with Gasteiger partial charge in [0.15, 0.2) is 0 Å². The molecule has 1 saturated carbocycles. The average Bonchev–Trinajstić information content (AvgIpc) is 2.27. The van der Waals surface area contributed by atoms with Crippen LogP contribution in [0, 0.1) is 5.92 Å². The number of carbonyl (C=O) groups is 1. The van der Waals surface area contributed by atoms with Crippen molar-refractivity contribution in [3.8, 4) is 0 Å². The first kappa shape index (κ1) is 16.7. The van der Waals surface area contributed by atoms with E-state index in [1.807, 2.05) is 0 Å². The number of halogens is 3. The summed E-state index contributed by atoms with van der Waals surface area (Å²) in [6.07, 6.45) is 1.17. The van der Waals surface area contributed by atoms with Gasteiger partial charge in [-0.25, -0.2) is 0 Å². The molecule has 0 bridgehead atoms. The first-order valence-corrected chi connectivity index (χ1v) is 9.60. The van der Waals surface area contributed by atoms with E-state index >= 15 is 0 Å². The summed E-state index contributed by atoms with van der Waals surface area (Å²) in [6.45, 7) is 0. The molecule has 112 valence electrons. The Morgan fingerprint density at radius 3 is 2.47 bits per heavy atom. The second-order valence-corrected chi connectivity index (χ2v) is 7.78. The SMILES string of the molecule is O=C(O)N[C@H](C[AsH]CC(F)(F)F)CC1CCCCC1. The van der Waals surface area contributed by atoms with Crippen molar-refractivity contribution in [3.05, 3.63) is 0 Å². The molecule has 3 nitrogen and oxygen atoms in total. The first-order chi connectivity index (χ1) is 8.87. The van der Waals surface area contributed by atoms with Crippen molar-refractivity contribution in [1.29, 1.82) is 0 Å². The standard InChI is InChI=1S/C12H21AsF3NO2/c14-12(15,16)8-13-7-10(17-11(18)19)6-9-4-2-1-3-5-9/h9-10,13,17H,1-8H2,(H,18,19)/t10-/m0/s1. The van der Waals surface area contributed by atoms with Crippen molar-refractivity contribution in [3.63, 3.8) is 0 Å². The number of hydrogen-bond donors (Lipinski definition) is 2. The van der Waals surface area contributed by atoms with Crippen LogP contribution in [-0.4, -0.2) is 39.2 Å². The van der Waals surface area contributed by atoms with Gasteiger partial charge in [0, 0.05) is 0 Å². The van der Waals surface area contributed by atoms with Crippen LogP contribution in [0.4, 0.5) is 18.0 Å². The zero-order chi connectivity index (χ0) is 14.3. The van der Waals surface area contributed by atoms with Gasteiger partial charge in [0.25, 0.3) is 0 Å². The predicted octanol–water partition coefficient (Wildman–Crippen LogP) is 3.43. The summed E-state index contributed by atoms with van der Waals surface area (Å²) >= 11 is -1.15. The summed E-state index contributed by atoms with van der Waals surface area (Å²) < 4.78 is 36.4. The van der Waals surface area contributed by atoms with Crippen LogP contribution in [0.15, 0.2) is 0 Å². The number of rotatable bonds is 6. The van der Waals surface area contributed by atoms with Gasteiger partial charge in [-0.2, -0.15) is 0 Å². The Hall–Kier alpha value is -0.382. The van der Waals surface area contributed by atoms with Gasteiger partial charge >= 0.3 is 117 Å². The van der Waals surface area contributed by atoms with E-state index in [1.165, 1.54) is 6.42 Å². The predicted molar refractivity (Wildman–Crippen MR) is 69.0 cm³/mol. The van der Waals surface area contributed by atoms with Gasteiger partial charge in [0.05, 0.1) is 0 Å². The summed E-state index contributed by atoms with van der Waals surface area (Å²) in [4.78, 5) is 10.7. The maximum atomic E-state index is 12.1. The van der Waals surface area contributed by atoms with Gasteiger partial charge in [0.2, 0.25) is 0 Å². The molecule has 2 atom stereocenters. The van der Waals surface area contributed by atoms with E-state index in [4.69, 9.17) is 5.11 Å². The van der Waals surface area contributed by atoms with E-state index in [2.05, 4.69) is 5.32 Å². The molecule has 1 aliphatic rings. The third-order valence-corrected chi connectivity index (χ3v) is 6.39. The molecule has 0 spiro atoms. The third kappa shape index (κ3) is 8.40. The van der Waals surface area contributed by atoms with Crippen LogP contribution >= 0.6 is 0 Å². The van der Waals surface area contributed by atoms with E-state index in [9.17, 15) is 18.0 Å². The van der Waals surface area contributed by atoms with E-state index in [0.29, 0.717) is 17.5 Å². The minimum absolute atomic E-state index is 0.289. The Bertz CT molecular complexity index is 281. The second-order valence-electron chi connectivity index (χ2n) is 5.13. The molecule has 1 aliphatic carbocycles. The fourth-order valence-electron chi connectivity index (χ4n) is 2.58. The molecule has 1 fully saturated rings. The van der Waals surface area contributed by atoms with Crippen molar-refractivity contribution in [2.24, 2.45) is 5.92 Å². The van der Waals surface area contributed by atoms with E-state index in [0.717, 1.165) is 25.7 Å². The Kier molecular flexibility index (Phi) is 7.04. The van der Waals surface area contributed by atoms with E-state index < -0.39 is 33.2 Å². The van der Waals surface area contributed by atoms with Crippen LogP contribution in [0.1, 0.15) is 38.5 Å². The van der Waals surface area contributed by atoms with Crippen molar-refractivity contribution < 1.29 is 23.1 Å². The molecular formula is C12H21AsF3NO2. The fraction of sp³-hybridized carbons (Fsp3) is 0.917. The Labute approximate surface area is 118 Å². The molecular weight excluding hydrogens is 322 g/mol. The zero-order valence-corrected chi connectivity index (χ0v) is 12.9. The van der Waals surface area contributed by atoms with Crippen molar-refractivity contribution in [2.75, 3.05) is 0 Å². The summed E-state index contributed by atoms with van der Waals surface area (Å²) in [5.74, 6) is 0.475. The molecule has 1 amide bonds. The summed E-state index contributed by atoms with van der Waals surface area (Å²) in [7, 11) is 0. The number of amides is 1. The normalized spacial score (nSPS) is 19.7. The van der Waals surface area contributed by atoms with Crippen LogP contribution in [0.25, 0.3) is 0 Å². The number of carboxylic acid groups (broad SMARTS) is 1. The summed E-state index contributed by atoms with van der Waals surface area (Å²) in [5, 5.41) is 10.8. The molecule has 0 aromatic heterocycles. The molecule has 0 aliphatic heterocycles. The quantitative estimate of drug-likeness (QED) is 0.726. The van der Waals surface area contributed by atoms with Crippen molar-refractivity contribution in [1.82, 2.24) is 5.32 Å². The molecule has 7 heteroatoms. The maximum absolute atomic E-state index is 12.1. The molecule has 0 aromatic carbocycles. The van der Waals surface area contributed by atoms with Gasteiger partial charge in [-0.1, -0.05) is 0 Å². The third-order valence-electron chi connectivity index (χ3n) is 3.39. The topological polar surface area (TPSA) is 49.3 Å². The van der Waals surface area contributed by atoms with E-state index in [1.54, 1.807) is 0 Å². The van der Waals surface area contributed by atoms with Gasteiger partial charge in [0.1, 0.15) is 0 Å². The monoisotopic (exact) mass is 343 g/mol. The molecule has 0 saturated heterocycles. The number of hydrogen-bond acceptors (Lipinski definition) is 1. The van der Waals surface area contributed by atoms with Crippen LogP contribution < -0.4 is 5.32 Å². The summed E-state index contributed by atoms with van der Waals surface area (Å²) in [6, 6.07) is -0.289. The Morgan fingerprint density at radius 1 is 1.32 bits per heavy atom. The van der Waals surface area contributed by atoms with E-state index in [-0.39, 0.29) is 6.04 Å². The van der Waals surface area contributed by atoms with Crippen molar-refractivity contribution >= 4 is 21.8 Å². The fourth-order valence-corrected chi connectivity index (χ4v) is 4.77. The molecule has 1 rings (SSSR count). The zero-order valence-electron chi connectivity index (χ0n) is 10.8. The van der Waals surface area contributed by atoms with Gasteiger partial charge in [-0.15, -0.1) is 0 Å². The second kappa shape index (κ2) is 8.03. The summed E-state index contributed by atoms with van der Waals surface area (Å²) in [5.41, 5.74) is 0. The Morgan fingerprint density at radius 2 is 1.95 bits per heavy atom. The number of nitrogens with one attached hydrogen (secondary N) is 1. The van der Waals surface area contributed by atoms with Crippen LogP contribution in [-0.2, 0) is 0 Å². The van der Waals surface area contributed by atoms with Gasteiger partial charge in [-0.05, 0) is 0 Å². The molecule has 0 heterocycles. The molecule has 0 aromatic rings. The first-order valence-electron chi connectivity index (χ1n) is 6.64. The minimum atomic E-state index is -4.10. The molecule has 0 radical (unpaired) electrons. The molecule has 19 heavy (non-hydrogen) atoms. The van der Waals surface area contributed by atoms with Crippen molar-refractivity contribution in [2.45, 2.75) is 61.2 Å². The van der Waals surface area contributed by atoms with Gasteiger partial charge in [-0.3, -0.25) is 0 Å². The van der Waals surface area contributed by atoms with Crippen LogP contribution in [0.5, 0.6) is 0 Å². The van der Waals surface area contributed by atoms with Crippen LogP contribution in [0.2, 0.25) is 10.4 Å². The Balaban J connectivity index is 2.35. The molecule has 1 unspecified atom stereocenters. The van der Waals surface area contributed by atoms with Gasteiger partial charge < -0.3 is 0 Å². The van der Waals surface area contributed by atoms with Crippen LogP contribution in [0.3, 0.4) is 0 Å². The number of alkyl halides is 3. The molecule has 2 N–H and O–H groups in total. The average molecular weight is 343 g/mol.